The van der Waals surface area contributed by atoms with E-state index in [1.807, 2.05) is 0 Å². The van der Waals surface area contributed by atoms with E-state index < -0.39 is 23.8 Å². The molecule has 28 heavy (non-hydrogen) atoms. The molecule has 1 atom stereocenters. The molecule has 0 saturated heterocycles. The van der Waals surface area contributed by atoms with E-state index in [1.165, 1.54) is 0 Å². The average molecular weight is 381 g/mol. The number of para-hydroxylation sites is 1. The highest BCUT2D eigenvalue weighted by Crippen LogP contribution is 2.32. The third-order valence-corrected chi connectivity index (χ3v) is 4.47. The number of hydrogen-bond acceptors (Lipinski definition) is 5. The molecule has 1 unspecified atom stereocenters. The second kappa shape index (κ2) is 7.59. The molecule has 8 nitrogen and oxygen atoms in total. The monoisotopic (exact) mass is 381 g/mol. The van der Waals surface area contributed by atoms with Crippen molar-refractivity contribution in [2.75, 3.05) is 23.8 Å². The molecule has 0 aromatic heterocycles. The molecule has 2 heterocycles. The van der Waals surface area contributed by atoms with Gasteiger partial charge in [0, 0.05) is 18.2 Å². The van der Waals surface area contributed by atoms with E-state index in [-0.39, 0.29) is 6.42 Å². The average Bonchev–Trinajstić information content (AvgIpc) is 2.98. The van der Waals surface area contributed by atoms with Gasteiger partial charge in [0.1, 0.15) is 6.04 Å². The lowest BCUT2D eigenvalue weighted by atomic mass is 10.1. The van der Waals surface area contributed by atoms with E-state index in [1.54, 1.807) is 42.5 Å². The van der Waals surface area contributed by atoms with E-state index >= 15 is 0 Å². The van der Waals surface area contributed by atoms with Gasteiger partial charge in [-0.3, -0.25) is 14.4 Å². The van der Waals surface area contributed by atoms with Crippen molar-refractivity contribution in [2.24, 2.45) is 0 Å². The van der Waals surface area contributed by atoms with Crippen molar-refractivity contribution in [3.63, 3.8) is 0 Å². The molecule has 144 valence electrons. The van der Waals surface area contributed by atoms with Crippen LogP contribution in [0.5, 0.6) is 11.5 Å². The maximum absolute atomic E-state index is 12.4. The van der Waals surface area contributed by atoms with E-state index in [4.69, 9.17) is 9.47 Å². The number of nitrogens with one attached hydrogen (secondary N) is 3. The van der Waals surface area contributed by atoms with Crippen LogP contribution < -0.4 is 25.4 Å². The molecule has 2 aliphatic heterocycles. The predicted octanol–water partition coefficient (Wildman–Crippen LogP) is 1.93. The number of fused-ring (bicyclic) bond motifs is 2. The van der Waals surface area contributed by atoms with Crippen LogP contribution in [0.3, 0.4) is 0 Å². The van der Waals surface area contributed by atoms with Crippen LogP contribution in [-0.4, -0.2) is 37.0 Å². The Morgan fingerprint density at radius 1 is 1.07 bits per heavy atom. The summed E-state index contributed by atoms with van der Waals surface area (Å²) in [4.78, 5) is 37.2. The van der Waals surface area contributed by atoms with Crippen LogP contribution in [0.4, 0.5) is 11.4 Å². The fraction of sp³-hybridized carbons (Fsp3) is 0.250. The fourth-order valence-corrected chi connectivity index (χ4v) is 3.09. The van der Waals surface area contributed by atoms with Gasteiger partial charge in [-0.2, -0.15) is 0 Å². The number of amides is 3. The van der Waals surface area contributed by atoms with Gasteiger partial charge in [0.15, 0.2) is 11.5 Å². The second-order valence-corrected chi connectivity index (χ2v) is 6.53. The number of benzene rings is 2. The molecule has 0 radical (unpaired) electrons. The zero-order valence-corrected chi connectivity index (χ0v) is 15.0. The molecular formula is C20H19N3O5. The van der Waals surface area contributed by atoms with Crippen LogP contribution >= 0.6 is 0 Å². The van der Waals surface area contributed by atoms with Crippen LogP contribution in [0.2, 0.25) is 0 Å². The van der Waals surface area contributed by atoms with Gasteiger partial charge in [-0.1, -0.05) is 12.1 Å². The predicted molar refractivity (Wildman–Crippen MR) is 102 cm³/mol. The highest BCUT2D eigenvalue weighted by atomic mass is 16.5. The van der Waals surface area contributed by atoms with E-state index in [9.17, 15) is 14.4 Å². The van der Waals surface area contributed by atoms with Gasteiger partial charge < -0.3 is 25.4 Å². The van der Waals surface area contributed by atoms with Crippen LogP contribution in [0.1, 0.15) is 23.2 Å². The van der Waals surface area contributed by atoms with Crippen molar-refractivity contribution >= 4 is 29.1 Å². The molecule has 4 rings (SSSR count). The Bertz CT molecular complexity index is 943. The zero-order chi connectivity index (χ0) is 19.5. The van der Waals surface area contributed by atoms with Gasteiger partial charge in [-0.15, -0.1) is 0 Å². The Morgan fingerprint density at radius 2 is 1.86 bits per heavy atom. The normalized spacial score (nSPS) is 18.1. The van der Waals surface area contributed by atoms with Crippen LogP contribution in [-0.2, 0) is 9.59 Å². The maximum Gasteiger partial charge on any atom is 0.254 e. The summed E-state index contributed by atoms with van der Waals surface area (Å²) in [6.45, 7) is 1.12. The lowest BCUT2D eigenvalue weighted by Gasteiger charge is -2.15. The smallest absolute Gasteiger partial charge is 0.254 e. The molecule has 0 spiro atoms. The topological polar surface area (TPSA) is 106 Å². The molecule has 0 bridgehead atoms. The second-order valence-electron chi connectivity index (χ2n) is 6.53. The standard InChI is InChI=1S/C20H19N3O5/c24-18(21-12-6-7-16-17(10-12)28-9-3-8-27-16)11-15-20(26)22-14-5-2-1-4-13(14)19(25)23-15/h1-2,4-7,10,15H,3,8-9,11H2,(H,21,24)(H,22,26)(H,23,25). The van der Waals surface area contributed by atoms with Crippen molar-refractivity contribution < 1.29 is 23.9 Å². The van der Waals surface area contributed by atoms with Gasteiger partial charge in [-0.05, 0) is 24.3 Å². The van der Waals surface area contributed by atoms with Crippen molar-refractivity contribution in [1.82, 2.24) is 5.32 Å². The zero-order valence-electron chi connectivity index (χ0n) is 15.0. The lowest BCUT2D eigenvalue weighted by Crippen LogP contribution is -2.43. The number of anilines is 2. The number of carbonyl (C=O) groups excluding carboxylic acids is 3. The molecule has 0 fully saturated rings. The highest BCUT2D eigenvalue weighted by Gasteiger charge is 2.29. The Labute approximate surface area is 161 Å². The minimum absolute atomic E-state index is 0.194. The fourth-order valence-electron chi connectivity index (χ4n) is 3.09. The summed E-state index contributed by atoms with van der Waals surface area (Å²) in [5, 5.41) is 8.02. The van der Waals surface area contributed by atoms with Gasteiger partial charge in [0.25, 0.3) is 5.91 Å². The maximum atomic E-state index is 12.4. The third-order valence-electron chi connectivity index (χ3n) is 4.47. The summed E-state index contributed by atoms with van der Waals surface area (Å²) in [6.07, 6.45) is 0.593. The summed E-state index contributed by atoms with van der Waals surface area (Å²) in [6, 6.07) is 10.8. The Hall–Kier alpha value is -3.55. The van der Waals surface area contributed by atoms with Gasteiger partial charge in [0.2, 0.25) is 11.8 Å². The highest BCUT2D eigenvalue weighted by molar-refractivity contribution is 6.11. The number of carbonyl (C=O) groups is 3. The molecule has 0 saturated carbocycles. The summed E-state index contributed by atoms with van der Waals surface area (Å²) >= 11 is 0. The first-order valence-electron chi connectivity index (χ1n) is 9.00. The minimum atomic E-state index is -0.972. The Morgan fingerprint density at radius 3 is 2.71 bits per heavy atom. The van der Waals surface area contributed by atoms with Crippen molar-refractivity contribution in [3.8, 4) is 11.5 Å². The largest absolute Gasteiger partial charge is 0.490 e. The number of ether oxygens (including phenoxy) is 2. The molecule has 3 N–H and O–H groups in total. The molecule has 0 aliphatic carbocycles. The lowest BCUT2D eigenvalue weighted by molar-refractivity contribution is -0.122. The van der Waals surface area contributed by atoms with Crippen LogP contribution in [0.25, 0.3) is 0 Å². The summed E-state index contributed by atoms with van der Waals surface area (Å²) < 4.78 is 11.2. The Balaban J connectivity index is 1.43. The summed E-state index contributed by atoms with van der Waals surface area (Å²) in [5.74, 6) is -0.0507. The SMILES string of the molecule is O=C(CC1NC(=O)c2ccccc2NC1=O)Nc1ccc2c(c1)OCCCO2. The van der Waals surface area contributed by atoms with Crippen molar-refractivity contribution in [1.29, 1.82) is 0 Å². The van der Waals surface area contributed by atoms with Crippen LogP contribution in [0, 0.1) is 0 Å². The Kier molecular flexibility index (Phi) is 4.84. The number of hydrogen-bond donors (Lipinski definition) is 3. The van der Waals surface area contributed by atoms with Gasteiger partial charge >= 0.3 is 0 Å². The van der Waals surface area contributed by atoms with Gasteiger partial charge in [-0.25, -0.2) is 0 Å². The molecule has 3 amide bonds. The quantitative estimate of drug-likeness (QED) is 0.753. The molecule has 2 aromatic rings. The molecule has 8 heteroatoms. The third kappa shape index (κ3) is 3.75. The summed E-state index contributed by atoms with van der Waals surface area (Å²) in [5.41, 5.74) is 1.32. The number of rotatable bonds is 3. The molecule has 2 aromatic carbocycles. The first-order valence-corrected chi connectivity index (χ1v) is 9.00. The van der Waals surface area contributed by atoms with E-state index in [2.05, 4.69) is 16.0 Å². The minimum Gasteiger partial charge on any atom is -0.490 e. The first kappa shape index (κ1) is 17.8. The van der Waals surface area contributed by atoms with E-state index in [0.717, 1.165) is 6.42 Å². The van der Waals surface area contributed by atoms with Gasteiger partial charge in [0.05, 0.1) is 30.9 Å². The van der Waals surface area contributed by atoms with E-state index in [0.29, 0.717) is 41.7 Å². The first-order chi connectivity index (χ1) is 13.6. The summed E-state index contributed by atoms with van der Waals surface area (Å²) in [7, 11) is 0. The van der Waals surface area contributed by atoms with Crippen molar-refractivity contribution in [3.05, 3.63) is 48.0 Å². The molecular weight excluding hydrogens is 362 g/mol. The van der Waals surface area contributed by atoms with Crippen molar-refractivity contribution in [2.45, 2.75) is 18.9 Å². The molecule has 2 aliphatic rings. The van der Waals surface area contributed by atoms with Crippen LogP contribution in [0.15, 0.2) is 42.5 Å².